The summed E-state index contributed by atoms with van der Waals surface area (Å²) in [6, 6.07) is 0. The molecule has 0 bridgehead atoms. The second-order valence-electron chi connectivity index (χ2n) is 3.72. The number of Topliss-reactive ketones (excluding diaryl/α,β-unsaturated/α-hetero) is 1. The molecule has 1 aromatic rings. The normalized spacial score (nSPS) is 10.4. The second kappa shape index (κ2) is 7.15. The van der Waals surface area contributed by atoms with Gasteiger partial charge in [0, 0.05) is 13.5 Å². The number of thioether (sulfide) groups is 1. The third kappa shape index (κ3) is 4.48. The fourth-order valence-electron chi connectivity index (χ4n) is 1.21. The summed E-state index contributed by atoms with van der Waals surface area (Å²) in [5, 5.41) is 8.55. The van der Waals surface area contributed by atoms with Crippen LogP contribution in [-0.4, -0.2) is 38.9 Å². The number of aryl methyl sites for hydroxylation is 1. The number of nitrogens with zero attached hydrogens (tertiary/aromatic N) is 3. The fraction of sp³-hybridized carbons (Fsp3) is 0.636. The van der Waals surface area contributed by atoms with E-state index in [4.69, 9.17) is 4.74 Å². The van der Waals surface area contributed by atoms with E-state index in [9.17, 15) is 9.59 Å². The minimum atomic E-state index is -0.328. The molecule has 100 valence electrons. The fourth-order valence-corrected chi connectivity index (χ4v) is 2.06. The van der Waals surface area contributed by atoms with E-state index in [0.29, 0.717) is 17.5 Å². The molecule has 0 aliphatic heterocycles. The van der Waals surface area contributed by atoms with E-state index in [1.807, 2.05) is 18.5 Å². The quantitative estimate of drug-likeness (QED) is 0.546. The van der Waals surface area contributed by atoms with E-state index in [-0.39, 0.29) is 24.6 Å². The van der Waals surface area contributed by atoms with Gasteiger partial charge in [0.25, 0.3) is 0 Å². The molecule has 0 atom stereocenters. The van der Waals surface area contributed by atoms with Crippen LogP contribution in [0.5, 0.6) is 0 Å². The van der Waals surface area contributed by atoms with Gasteiger partial charge in [0.15, 0.2) is 5.16 Å². The van der Waals surface area contributed by atoms with Crippen molar-refractivity contribution in [1.82, 2.24) is 14.8 Å². The molecule has 0 unspecified atom stereocenters. The van der Waals surface area contributed by atoms with E-state index in [2.05, 4.69) is 10.2 Å². The lowest BCUT2D eigenvalue weighted by Gasteiger charge is -2.02. The zero-order valence-corrected chi connectivity index (χ0v) is 11.6. The van der Waals surface area contributed by atoms with Crippen molar-refractivity contribution in [2.24, 2.45) is 7.05 Å². The van der Waals surface area contributed by atoms with Crippen molar-refractivity contribution >= 4 is 23.5 Å². The highest BCUT2D eigenvalue weighted by molar-refractivity contribution is 7.99. The zero-order chi connectivity index (χ0) is 13.5. The number of carbonyl (C=O) groups is 2. The molecule has 0 fully saturated rings. The lowest BCUT2D eigenvalue weighted by molar-refractivity contribution is -0.144. The molecule has 0 aromatic carbocycles. The zero-order valence-electron chi connectivity index (χ0n) is 10.8. The number of hydrogen-bond acceptors (Lipinski definition) is 6. The van der Waals surface area contributed by atoms with Crippen LogP contribution >= 0.6 is 11.8 Å². The van der Waals surface area contributed by atoms with Crippen molar-refractivity contribution in [3.05, 3.63) is 5.82 Å². The third-order valence-electron chi connectivity index (χ3n) is 2.33. The van der Waals surface area contributed by atoms with Crippen LogP contribution in [0, 0.1) is 6.92 Å². The lowest BCUT2D eigenvalue weighted by Crippen LogP contribution is -2.09. The Morgan fingerprint density at radius 3 is 2.61 bits per heavy atom. The molecule has 0 N–H and O–H groups in total. The summed E-state index contributed by atoms with van der Waals surface area (Å²) in [6.45, 7) is 3.94. The SMILES string of the molecule is CCOC(=O)CCC(=O)CSc1nnc(C)n1C. The van der Waals surface area contributed by atoms with Gasteiger partial charge in [0.1, 0.15) is 11.6 Å². The van der Waals surface area contributed by atoms with Gasteiger partial charge in [-0.1, -0.05) is 11.8 Å². The minimum absolute atomic E-state index is 0.00806. The number of ether oxygens (including phenoxy) is 1. The van der Waals surface area contributed by atoms with Crippen LogP contribution in [0.4, 0.5) is 0 Å². The maximum Gasteiger partial charge on any atom is 0.306 e. The highest BCUT2D eigenvalue weighted by Gasteiger charge is 2.11. The molecule has 0 aliphatic rings. The lowest BCUT2D eigenvalue weighted by atomic mass is 10.2. The van der Waals surface area contributed by atoms with Gasteiger partial charge in [-0.3, -0.25) is 9.59 Å². The summed E-state index contributed by atoms with van der Waals surface area (Å²) in [5.74, 6) is 0.779. The van der Waals surface area contributed by atoms with Crippen LogP contribution in [0.2, 0.25) is 0 Å². The van der Waals surface area contributed by atoms with E-state index >= 15 is 0 Å². The molecule has 0 saturated heterocycles. The molecular formula is C11H17N3O3S. The average molecular weight is 271 g/mol. The maximum atomic E-state index is 11.6. The summed E-state index contributed by atoms with van der Waals surface area (Å²) in [6.07, 6.45) is 0.355. The van der Waals surface area contributed by atoms with Crippen LogP contribution < -0.4 is 0 Å². The molecule has 0 spiro atoms. The standard InChI is InChI=1S/C11H17N3O3S/c1-4-17-10(16)6-5-9(15)7-18-11-13-12-8(2)14(11)3/h4-7H2,1-3H3. The van der Waals surface area contributed by atoms with Gasteiger partial charge in [0.2, 0.25) is 0 Å². The van der Waals surface area contributed by atoms with Crippen LogP contribution in [0.25, 0.3) is 0 Å². The largest absolute Gasteiger partial charge is 0.466 e. The first-order chi connectivity index (χ1) is 8.54. The van der Waals surface area contributed by atoms with Crippen molar-refractivity contribution in [3.8, 4) is 0 Å². The number of esters is 1. The maximum absolute atomic E-state index is 11.6. The Balaban J connectivity index is 2.29. The molecule has 1 rings (SSSR count). The Bertz CT molecular complexity index is 431. The molecule has 7 heteroatoms. The molecule has 18 heavy (non-hydrogen) atoms. The van der Waals surface area contributed by atoms with Crippen LogP contribution in [0.1, 0.15) is 25.6 Å². The Kier molecular flexibility index (Phi) is 5.84. The molecule has 6 nitrogen and oxygen atoms in total. The Morgan fingerprint density at radius 2 is 2.06 bits per heavy atom. The Hall–Kier alpha value is -1.37. The molecule has 0 amide bonds. The molecular weight excluding hydrogens is 254 g/mol. The van der Waals surface area contributed by atoms with Gasteiger partial charge in [-0.15, -0.1) is 10.2 Å². The van der Waals surface area contributed by atoms with Gasteiger partial charge in [0.05, 0.1) is 18.8 Å². The smallest absolute Gasteiger partial charge is 0.306 e. The van der Waals surface area contributed by atoms with Gasteiger partial charge in [-0.05, 0) is 13.8 Å². The first kappa shape index (κ1) is 14.7. The summed E-state index contributed by atoms with van der Waals surface area (Å²) in [5.41, 5.74) is 0. The van der Waals surface area contributed by atoms with Gasteiger partial charge < -0.3 is 9.30 Å². The Morgan fingerprint density at radius 1 is 1.33 bits per heavy atom. The predicted molar refractivity (Wildman–Crippen MR) is 67.3 cm³/mol. The molecule has 1 heterocycles. The average Bonchev–Trinajstić information content (AvgIpc) is 2.65. The van der Waals surface area contributed by atoms with E-state index in [1.54, 1.807) is 6.92 Å². The molecule has 0 aliphatic carbocycles. The summed E-state index contributed by atoms with van der Waals surface area (Å²) < 4.78 is 6.58. The van der Waals surface area contributed by atoms with Crippen LogP contribution in [-0.2, 0) is 21.4 Å². The number of ketones is 1. The van der Waals surface area contributed by atoms with Crippen molar-refractivity contribution in [2.75, 3.05) is 12.4 Å². The van der Waals surface area contributed by atoms with Crippen LogP contribution in [0.15, 0.2) is 5.16 Å². The van der Waals surface area contributed by atoms with Crippen molar-refractivity contribution < 1.29 is 14.3 Å². The van der Waals surface area contributed by atoms with Crippen molar-refractivity contribution in [3.63, 3.8) is 0 Å². The molecule has 0 radical (unpaired) electrons. The first-order valence-corrected chi connectivity index (χ1v) is 6.69. The van der Waals surface area contributed by atoms with Gasteiger partial charge >= 0.3 is 5.97 Å². The topological polar surface area (TPSA) is 74.1 Å². The first-order valence-electron chi connectivity index (χ1n) is 5.70. The summed E-state index contributed by atoms with van der Waals surface area (Å²) in [7, 11) is 1.85. The summed E-state index contributed by atoms with van der Waals surface area (Å²) in [4.78, 5) is 22.6. The van der Waals surface area contributed by atoms with E-state index < -0.39 is 0 Å². The van der Waals surface area contributed by atoms with Gasteiger partial charge in [-0.2, -0.15) is 0 Å². The number of hydrogen-bond donors (Lipinski definition) is 0. The summed E-state index contributed by atoms with van der Waals surface area (Å²) >= 11 is 1.33. The second-order valence-corrected chi connectivity index (χ2v) is 4.66. The third-order valence-corrected chi connectivity index (χ3v) is 3.41. The number of aromatic nitrogens is 3. The number of carbonyl (C=O) groups excluding carboxylic acids is 2. The molecule has 0 saturated carbocycles. The van der Waals surface area contributed by atoms with Crippen LogP contribution in [0.3, 0.4) is 0 Å². The minimum Gasteiger partial charge on any atom is -0.466 e. The van der Waals surface area contributed by atoms with E-state index in [1.165, 1.54) is 11.8 Å². The number of rotatable bonds is 7. The van der Waals surface area contributed by atoms with E-state index in [0.717, 1.165) is 5.82 Å². The van der Waals surface area contributed by atoms with Crippen molar-refractivity contribution in [1.29, 1.82) is 0 Å². The van der Waals surface area contributed by atoms with Crippen molar-refractivity contribution in [2.45, 2.75) is 31.8 Å². The monoisotopic (exact) mass is 271 g/mol. The van der Waals surface area contributed by atoms with Gasteiger partial charge in [-0.25, -0.2) is 0 Å². The highest BCUT2D eigenvalue weighted by atomic mass is 32.2. The Labute approximate surface area is 110 Å². The predicted octanol–water partition coefficient (Wildman–Crippen LogP) is 1.13. The highest BCUT2D eigenvalue weighted by Crippen LogP contribution is 2.15. The molecule has 1 aromatic heterocycles.